The van der Waals surface area contributed by atoms with Crippen molar-refractivity contribution in [3.63, 3.8) is 0 Å². The van der Waals surface area contributed by atoms with E-state index in [1.54, 1.807) is 12.1 Å². The number of ether oxygens (including phenoxy) is 2. The van der Waals surface area contributed by atoms with E-state index in [-0.39, 0.29) is 11.8 Å². The molecule has 0 fully saturated rings. The average Bonchev–Trinajstić information content (AvgIpc) is 3.20. The lowest BCUT2D eigenvalue weighted by molar-refractivity contribution is -0.0499. The van der Waals surface area contributed by atoms with Gasteiger partial charge in [-0.2, -0.15) is 13.9 Å². The Labute approximate surface area is 173 Å². The zero-order valence-electron chi connectivity index (χ0n) is 16.3. The minimum atomic E-state index is -2.85. The van der Waals surface area contributed by atoms with E-state index in [0.717, 1.165) is 34.6 Å². The van der Waals surface area contributed by atoms with Gasteiger partial charge in [-0.15, -0.1) is 0 Å². The van der Waals surface area contributed by atoms with Gasteiger partial charge in [0.1, 0.15) is 11.5 Å². The Balaban J connectivity index is 1.51. The van der Waals surface area contributed by atoms with Crippen LogP contribution in [-0.4, -0.2) is 17.3 Å². The van der Waals surface area contributed by atoms with E-state index in [1.807, 2.05) is 23.2 Å². The third kappa shape index (κ3) is 3.38. The molecule has 30 heavy (non-hydrogen) atoms. The number of hydrogen-bond acceptors (Lipinski definition) is 4. The lowest BCUT2D eigenvalue weighted by Crippen LogP contribution is -2.33. The van der Waals surface area contributed by atoms with Crippen molar-refractivity contribution in [2.45, 2.75) is 32.2 Å². The standard InChI is InChI=1S/C24H20F2N2O2/c1-15-6-8-16(9-7-15)20-14-21-19-4-2-3-5-22(19)30-23(28(21)27-20)17-10-12-18(13-11-17)29-24(25)26/h2-13,21,23-24H,14H2,1H3. The lowest BCUT2D eigenvalue weighted by Gasteiger charge is -2.38. The topological polar surface area (TPSA) is 34.1 Å². The van der Waals surface area contributed by atoms with Crippen LogP contribution < -0.4 is 9.47 Å². The predicted molar refractivity (Wildman–Crippen MR) is 110 cm³/mol. The molecule has 4 nitrogen and oxygen atoms in total. The Morgan fingerprint density at radius 1 is 1.00 bits per heavy atom. The van der Waals surface area contributed by atoms with Crippen LogP contribution in [0.25, 0.3) is 0 Å². The molecule has 0 saturated carbocycles. The Bertz CT molecular complexity index is 1080. The van der Waals surface area contributed by atoms with Gasteiger partial charge in [-0.1, -0.05) is 48.0 Å². The fourth-order valence-corrected chi connectivity index (χ4v) is 3.99. The molecule has 0 radical (unpaired) electrons. The van der Waals surface area contributed by atoms with E-state index in [2.05, 4.69) is 42.0 Å². The number of para-hydroxylation sites is 1. The molecule has 3 aromatic rings. The minimum absolute atomic E-state index is 0.0493. The van der Waals surface area contributed by atoms with Crippen LogP contribution in [0.2, 0.25) is 0 Å². The number of hydrogen-bond donors (Lipinski definition) is 0. The van der Waals surface area contributed by atoms with Gasteiger partial charge < -0.3 is 9.47 Å². The van der Waals surface area contributed by atoms with Gasteiger partial charge in [0.25, 0.3) is 0 Å². The highest BCUT2D eigenvalue weighted by molar-refractivity contribution is 6.02. The molecular weight excluding hydrogens is 386 g/mol. The summed E-state index contributed by atoms with van der Waals surface area (Å²) >= 11 is 0. The fraction of sp³-hybridized carbons (Fsp3) is 0.208. The van der Waals surface area contributed by atoms with Crippen LogP contribution in [0.15, 0.2) is 77.9 Å². The van der Waals surface area contributed by atoms with Crippen LogP contribution in [-0.2, 0) is 0 Å². The van der Waals surface area contributed by atoms with Crippen molar-refractivity contribution in [3.8, 4) is 11.5 Å². The monoisotopic (exact) mass is 406 g/mol. The first-order chi connectivity index (χ1) is 14.6. The van der Waals surface area contributed by atoms with Gasteiger partial charge in [-0.3, -0.25) is 0 Å². The number of fused-ring (bicyclic) bond motifs is 3. The van der Waals surface area contributed by atoms with Crippen molar-refractivity contribution in [3.05, 3.63) is 95.1 Å². The van der Waals surface area contributed by atoms with Crippen molar-refractivity contribution in [1.29, 1.82) is 0 Å². The van der Waals surface area contributed by atoms with Crippen LogP contribution in [0.3, 0.4) is 0 Å². The molecule has 0 saturated heterocycles. The van der Waals surface area contributed by atoms with Gasteiger partial charge in [0.2, 0.25) is 6.23 Å². The molecular formula is C24H20F2N2O2. The number of rotatable bonds is 4. The second kappa shape index (κ2) is 7.44. The maximum Gasteiger partial charge on any atom is 0.387 e. The molecule has 2 aliphatic rings. The van der Waals surface area contributed by atoms with Gasteiger partial charge >= 0.3 is 6.61 Å². The van der Waals surface area contributed by atoms with Gasteiger partial charge in [0.05, 0.1) is 11.8 Å². The Kier molecular flexibility index (Phi) is 4.62. The number of aryl methyl sites for hydroxylation is 1. The predicted octanol–water partition coefficient (Wildman–Crippen LogP) is 5.84. The summed E-state index contributed by atoms with van der Waals surface area (Å²) in [5.41, 5.74) is 5.21. The van der Waals surface area contributed by atoms with E-state index < -0.39 is 12.8 Å². The average molecular weight is 406 g/mol. The first kappa shape index (κ1) is 18.6. The summed E-state index contributed by atoms with van der Waals surface area (Å²) in [6, 6.07) is 22.9. The van der Waals surface area contributed by atoms with E-state index in [9.17, 15) is 8.78 Å². The first-order valence-corrected chi connectivity index (χ1v) is 9.82. The number of hydrazone groups is 1. The van der Waals surface area contributed by atoms with Gasteiger partial charge in [0, 0.05) is 17.5 Å². The lowest BCUT2D eigenvalue weighted by atomic mass is 9.95. The molecule has 2 aliphatic heterocycles. The van der Waals surface area contributed by atoms with Gasteiger partial charge in [0.15, 0.2) is 0 Å². The second-order valence-corrected chi connectivity index (χ2v) is 7.47. The molecule has 0 N–H and O–H groups in total. The van der Waals surface area contributed by atoms with Crippen LogP contribution in [0.1, 0.15) is 40.9 Å². The fourth-order valence-electron chi connectivity index (χ4n) is 3.99. The molecule has 2 atom stereocenters. The normalized spacial score (nSPS) is 19.7. The first-order valence-electron chi connectivity index (χ1n) is 9.82. The van der Waals surface area contributed by atoms with E-state index >= 15 is 0 Å². The van der Waals surface area contributed by atoms with E-state index in [0.29, 0.717) is 0 Å². The molecule has 3 aromatic carbocycles. The SMILES string of the molecule is Cc1ccc(C2=NN3C(C2)c2ccccc2OC3c2ccc(OC(F)F)cc2)cc1. The summed E-state index contributed by atoms with van der Waals surface area (Å²) in [7, 11) is 0. The van der Waals surface area contributed by atoms with Crippen LogP contribution in [0.4, 0.5) is 8.78 Å². The van der Waals surface area contributed by atoms with Crippen molar-refractivity contribution in [2.75, 3.05) is 0 Å². The molecule has 2 heterocycles. The van der Waals surface area contributed by atoms with E-state index in [1.165, 1.54) is 17.7 Å². The highest BCUT2D eigenvalue weighted by Crippen LogP contribution is 2.47. The Morgan fingerprint density at radius 3 is 2.47 bits per heavy atom. The highest BCUT2D eigenvalue weighted by Gasteiger charge is 2.40. The maximum absolute atomic E-state index is 12.5. The number of alkyl halides is 2. The zero-order chi connectivity index (χ0) is 20.7. The van der Waals surface area contributed by atoms with Crippen LogP contribution in [0.5, 0.6) is 11.5 Å². The molecule has 0 spiro atoms. The zero-order valence-corrected chi connectivity index (χ0v) is 16.3. The largest absolute Gasteiger partial charge is 0.464 e. The van der Waals surface area contributed by atoms with Gasteiger partial charge in [-0.25, -0.2) is 5.01 Å². The number of halogens is 2. The Hall–Kier alpha value is -3.41. The van der Waals surface area contributed by atoms with Gasteiger partial charge in [-0.05, 0) is 42.8 Å². The molecule has 0 aromatic heterocycles. The summed E-state index contributed by atoms with van der Waals surface area (Å²) in [5.74, 6) is 0.934. The third-order valence-electron chi connectivity index (χ3n) is 5.47. The van der Waals surface area contributed by atoms with Crippen molar-refractivity contribution >= 4 is 5.71 Å². The molecule has 0 bridgehead atoms. The van der Waals surface area contributed by atoms with Crippen molar-refractivity contribution < 1.29 is 18.3 Å². The van der Waals surface area contributed by atoms with Crippen LogP contribution in [0, 0.1) is 6.92 Å². The molecule has 0 aliphatic carbocycles. The summed E-state index contributed by atoms with van der Waals surface area (Å²) in [4.78, 5) is 0. The van der Waals surface area contributed by atoms with Crippen molar-refractivity contribution in [2.24, 2.45) is 5.10 Å². The highest BCUT2D eigenvalue weighted by atomic mass is 19.3. The smallest absolute Gasteiger partial charge is 0.387 e. The Morgan fingerprint density at radius 2 is 1.73 bits per heavy atom. The molecule has 5 rings (SSSR count). The number of nitrogens with zero attached hydrogens (tertiary/aromatic N) is 2. The quantitative estimate of drug-likeness (QED) is 0.546. The molecule has 2 unspecified atom stereocenters. The summed E-state index contributed by atoms with van der Waals surface area (Å²) < 4.78 is 35.7. The van der Waals surface area contributed by atoms with E-state index in [4.69, 9.17) is 9.84 Å². The summed E-state index contributed by atoms with van der Waals surface area (Å²) in [6.07, 6.45) is 0.320. The third-order valence-corrected chi connectivity index (χ3v) is 5.47. The second-order valence-electron chi connectivity index (χ2n) is 7.47. The number of benzene rings is 3. The minimum Gasteiger partial charge on any atom is -0.464 e. The molecule has 0 amide bonds. The summed E-state index contributed by atoms with van der Waals surface area (Å²) in [6.45, 7) is -0.788. The summed E-state index contributed by atoms with van der Waals surface area (Å²) in [5, 5.41) is 6.88. The molecule has 6 heteroatoms. The van der Waals surface area contributed by atoms with Crippen LogP contribution >= 0.6 is 0 Å². The maximum atomic E-state index is 12.5. The van der Waals surface area contributed by atoms with Crippen molar-refractivity contribution in [1.82, 2.24) is 5.01 Å². The molecule has 152 valence electrons.